The normalized spacial score (nSPS) is 37.8. The van der Waals surface area contributed by atoms with E-state index in [9.17, 15) is 66.1 Å². The zero-order valence-corrected chi connectivity index (χ0v) is 27.7. The topological polar surface area (TPSA) is 328 Å². The molecule has 53 heavy (non-hydrogen) atoms. The molecule has 15 atom stereocenters. The van der Waals surface area contributed by atoms with Crippen LogP contribution in [0.25, 0.3) is 22.3 Å². The molecular weight excluding hydrogens is 716 g/mol. The zero-order valence-electron chi connectivity index (χ0n) is 27.7. The number of phenolic OH excluding ortho intramolecular Hbond substituents is 2. The molecule has 20 heteroatoms. The summed E-state index contributed by atoms with van der Waals surface area (Å²) in [6.45, 7) is -0.00876. The van der Waals surface area contributed by atoms with Crippen LogP contribution < -0.4 is 14.9 Å². The zero-order chi connectivity index (χ0) is 38.5. The van der Waals surface area contributed by atoms with E-state index in [4.69, 9.17) is 32.8 Å². The van der Waals surface area contributed by atoms with E-state index in [1.54, 1.807) is 0 Å². The van der Waals surface area contributed by atoms with Crippen LogP contribution in [0, 0.1) is 0 Å². The van der Waals surface area contributed by atoms with Gasteiger partial charge in [0.25, 0.3) is 0 Å². The number of aromatic hydroxyl groups is 2. The van der Waals surface area contributed by atoms with Gasteiger partial charge >= 0.3 is 0 Å². The van der Waals surface area contributed by atoms with Gasteiger partial charge in [-0.3, -0.25) is 4.79 Å². The molecule has 0 saturated carbocycles. The molecule has 3 aliphatic rings. The molecule has 0 unspecified atom stereocenters. The maximum absolute atomic E-state index is 14.0. The molecule has 12 N–H and O–H groups in total. The van der Waals surface area contributed by atoms with Crippen LogP contribution in [-0.4, -0.2) is 167 Å². The highest BCUT2D eigenvalue weighted by atomic mass is 16.7. The van der Waals surface area contributed by atoms with Gasteiger partial charge in [-0.2, -0.15) is 0 Å². The van der Waals surface area contributed by atoms with Crippen molar-refractivity contribution in [3.05, 3.63) is 46.6 Å². The van der Waals surface area contributed by atoms with Crippen LogP contribution in [0.15, 0.2) is 45.6 Å². The number of aliphatic hydroxyl groups excluding tert-OH is 10. The van der Waals surface area contributed by atoms with Crippen molar-refractivity contribution in [3.8, 4) is 34.3 Å². The summed E-state index contributed by atoms with van der Waals surface area (Å²) in [6, 6.07) is 7.30. The number of ether oxygens (including phenoxy) is 6. The van der Waals surface area contributed by atoms with Gasteiger partial charge in [0.1, 0.15) is 95.4 Å². The van der Waals surface area contributed by atoms with Crippen LogP contribution in [0.4, 0.5) is 0 Å². The van der Waals surface area contributed by atoms with Crippen LogP contribution in [0.2, 0.25) is 0 Å². The second kappa shape index (κ2) is 15.6. The molecule has 0 bridgehead atoms. The first kappa shape index (κ1) is 39.0. The highest BCUT2D eigenvalue weighted by Crippen LogP contribution is 2.38. The quantitative estimate of drug-likeness (QED) is 0.0992. The van der Waals surface area contributed by atoms with Crippen molar-refractivity contribution in [1.29, 1.82) is 0 Å². The van der Waals surface area contributed by atoms with Crippen LogP contribution >= 0.6 is 0 Å². The Morgan fingerprint density at radius 2 is 1.23 bits per heavy atom. The van der Waals surface area contributed by atoms with Crippen LogP contribution in [0.3, 0.4) is 0 Å². The Bertz CT molecular complexity index is 1780. The first-order valence-electron chi connectivity index (χ1n) is 16.4. The van der Waals surface area contributed by atoms with Gasteiger partial charge in [0, 0.05) is 17.7 Å². The maximum Gasteiger partial charge on any atom is 0.239 e. The summed E-state index contributed by atoms with van der Waals surface area (Å²) in [5.74, 6) is -2.10. The number of benzene rings is 2. The summed E-state index contributed by atoms with van der Waals surface area (Å²) >= 11 is 0. The Balaban J connectivity index is 1.31. The van der Waals surface area contributed by atoms with Crippen molar-refractivity contribution in [2.45, 2.75) is 99.0 Å². The number of phenols is 2. The Morgan fingerprint density at radius 1 is 0.660 bits per heavy atom. The fourth-order valence-corrected chi connectivity index (χ4v) is 6.14. The second-order valence-corrected chi connectivity index (χ2v) is 12.9. The molecule has 1 aromatic heterocycles. The number of hydrogen-bond acceptors (Lipinski definition) is 20. The predicted molar refractivity (Wildman–Crippen MR) is 171 cm³/mol. The van der Waals surface area contributed by atoms with E-state index in [1.807, 2.05) is 0 Å². The first-order chi connectivity index (χ1) is 25.1. The lowest BCUT2D eigenvalue weighted by Crippen LogP contribution is -2.62. The minimum atomic E-state index is -2.01. The predicted octanol–water partition coefficient (Wildman–Crippen LogP) is -3.92. The van der Waals surface area contributed by atoms with E-state index in [-0.39, 0.29) is 28.4 Å². The van der Waals surface area contributed by atoms with Crippen LogP contribution in [0.5, 0.6) is 23.0 Å². The minimum absolute atomic E-state index is 0.118. The standard InChI is InChI=1S/C33H40O20/c1-10-19(37)23(41)27(45)32(48-10)49-13-6-14(36)18-15(7-13)50-29(11-2-4-12(35)5-3-11)30(22(18)40)53-33-28(46)25(43)21(39)17(52-33)9-47-31-26(44)24(42)20(38)16(8-34)51-31/h2-7,10,16-17,19-21,23-28,31-39,41-46H,8-9H2,1H3/t10-,16+,17+,19-,20+,21-,23+,24-,25-,26+,27+,28+,31+,32-,33-/m0/s1. The Morgan fingerprint density at radius 3 is 1.87 bits per heavy atom. The summed E-state index contributed by atoms with van der Waals surface area (Å²) in [5.41, 5.74) is -1.22. The minimum Gasteiger partial charge on any atom is -0.508 e. The largest absolute Gasteiger partial charge is 0.508 e. The van der Waals surface area contributed by atoms with Crippen LogP contribution in [0.1, 0.15) is 6.92 Å². The average molecular weight is 757 g/mol. The molecule has 0 amide bonds. The summed E-state index contributed by atoms with van der Waals surface area (Å²) < 4.78 is 39.3. The number of fused-ring (bicyclic) bond motifs is 1. The van der Waals surface area contributed by atoms with Gasteiger partial charge in [-0.15, -0.1) is 0 Å². The van der Waals surface area contributed by atoms with Gasteiger partial charge < -0.3 is 94.1 Å². The molecule has 2 aromatic carbocycles. The summed E-state index contributed by atoms with van der Waals surface area (Å²) in [7, 11) is 0. The van der Waals surface area contributed by atoms with E-state index in [0.29, 0.717) is 0 Å². The lowest BCUT2D eigenvalue weighted by molar-refractivity contribution is -0.323. The average Bonchev–Trinajstić information content (AvgIpc) is 3.13. The molecule has 3 aliphatic heterocycles. The summed E-state index contributed by atoms with van der Waals surface area (Å²) in [5, 5.41) is 123. The number of aliphatic hydroxyl groups is 10. The highest BCUT2D eigenvalue weighted by molar-refractivity contribution is 5.88. The fraction of sp³-hybridized carbons (Fsp3) is 0.545. The Labute approximate surface area is 298 Å². The first-order valence-corrected chi connectivity index (χ1v) is 16.4. The molecule has 0 aliphatic carbocycles. The number of rotatable bonds is 9. The van der Waals surface area contributed by atoms with Gasteiger partial charge in [0.15, 0.2) is 12.1 Å². The smallest absolute Gasteiger partial charge is 0.239 e. The van der Waals surface area contributed by atoms with E-state index >= 15 is 0 Å². The molecule has 3 fully saturated rings. The van der Waals surface area contributed by atoms with Gasteiger partial charge in [-0.05, 0) is 31.2 Å². The third-order valence-electron chi connectivity index (χ3n) is 9.27. The third-order valence-corrected chi connectivity index (χ3v) is 9.27. The van der Waals surface area contributed by atoms with Gasteiger partial charge in [-0.1, -0.05) is 0 Å². The van der Waals surface area contributed by atoms with Gasteiger partial charge in [-0.25, -0.2) is 0 Å². The van der Waals surface area contributed by atoms with E-state index in [0.717, 1.165) is 12.1 Å². The fourth-order valence-electron chi connectivity index (χ4n) is 6.14. The van der Waals surface area contributed by atoms with Crippen molar-refractivity contribution in [2.24, 2.45) is 0 Å². The monoisotopic (exact) mass is 756 g/mol. The third kappa shape index (κ3) is 7.52. The molecule has 4 heterocycles. The van der Waals surface area contributed by atoms with Crippen molar-refractivity contribution in [1.82, 2.24) is 0 Å². The molecule has 3 aromatic rings. The van der Waals surface area contributed by atoms with E-state index < -0.39 is 128 Å². The summed E-state index contributed by atoms with van der Waals surface area (Å²) in [4.78, 5) is 14.0. The van der Waals surface area contributed by atoms with E-state index in [1.165, 1.54) is 31.2 Å². The van der Waals surface area contributed by atoms with E-state index in [2.05, 4.69) is 0 Å². The van der Waals surface area contributed by atoms with Crippen molar-refractivity contribution in [3.63, 3.8) is 0 Å². The van der Waals surface area contributed by atoms with Crippen molar-refractivity contribution >= 4 is 11.0 Å². The molecule has 20 nitrogen and oxygen atoms in total. The highest BCUT2D eigenvalue weighted by Gasteiger charge is 2.48. The maximum atomic E-state index is 14.0. The number of hydrogen-bond donors (Lipinski definition) is 12. The van der Waals surface area contributed by atoms with Crippen molar-refractivity contribution < 1.29 is 94.1 Å². The second-order valence-electron chi connectivity index (χ2n) is 12.9. The SMILES string of the molecule is C[C@@H]1O[C@@H](Oc2cc(O)c3c(=O)c(O[C@@H]4O[C@H](CO[C@@H]5O[C@H](CO)[C@@H](O)[C@H](O)[C@H]5O)[C@H](O)[C@H](O)[C@H]4O)c(-c4ccc(O)cc4)oc3c2)[C@H](O)[C@H](O)[C@H]1O. The molecule has 0 radical (unpaired) electrons. The molecule has 6 rings (SSSR count). The molecule has 292 valence electrons. The molecule has 0 spiro atoms. The Kier molecular flexibility index (Phi) is 11.5. The lowest BCUT2D eigenvalue weighted by atomic mass is 9.98. The van der Waals surface area contributed by atoms with Gasteiger partial charge in [0.2, 0.25) is 23.8 Å². The molecular formula is C33H40O20. The Hall–Kier alpha value is -3.71. The van der Waals surface area contributed by atoms with Crippen molar-refractivity contribution in [2.75, 3.05) is 13.2 Å². The van der Waals surface area contributed by atoms with Crippen LogP contribution in [-0.2, 0) is 18.9 Å². The lowest BCUT2D eigenvalue weighted by Gasteiger charge is -2.42. The molecule has 3 saturated heterocycles. The summed E-state index contributed by atoms with van der Waals surface area (Å²) in [6.07, 6.45) is -24.8. The van der Waals surface area contributed by atoms with Gasteiger partial charge in [0.05, 0.1) is 19.3 Å².